The number of carbonyl (C=O) groups is 2. The number of hydrogen-bond donors (Lipinski definition) is 1. The highest BCUT2D eigenvalue weighted by atomic mass is 35.5. The van der Waals surface area contributed by atoms with Crippen LogP contribution in [-0.2, 0) is 4.79 Å². The van der Waals surface area contributed by atoms with E-state index < -0.39 is 5.91 Å². The molecule has 0 atom stereocenters. The summed E-state index contributed by atoms with van der Waals surface area (Å²) in [6.07, 6.45) is 0. The number of rotatable bonds is 5. The zero-order valence-electron chi connectivity index (χ0n) is 11.7. The summed E-state index contributed by atoms with van der Waals surface area (Å²) in [4.78, 5) is 23.4. The number of ether oxygens (including phenoxy) is 1. The summed E-state index contributed by atoms with van der Waals surface area (Å²) < 4.78 is 5.34. The molecule has 0 fully saturated rings. The number of benzene rings is 2. The third-order valence-corrected chi connectivity index (χ3v) is 3.38. The van der Waals surface area contributed by atoms with Gasteiger partial charge in [0, 0.05) is 16.7 Å². The van der Waals surface area contributed by atoms with Gasteiger partial charge in [-0.15, -0.1) is 0 Å². The highest BCUT2D eigenvalue weighted by molar-refractivity contribution is 6.34. The van der Waals surface area contributed by atoms with Crippen molar-refractivity contribution in [3.8, 4) is 5.75 Å². The minimum Gasteiger partial charge on any atom is -0.482 e. The highest BCUT2D eigenvalue weighted by Crippen LogP contribution is 2.27. The maximum atomic E-state index is 11.9. The molecule has 0 spiro atoms. The Morgan fingerprint density at radius 2 is 1.86 bits per heavy atom. The van der Waals surface area contributed by atoms with Crippen molar-refractivity contribution >= 4 is 40.6 Å². The van der Waals surface area contributed by atoms with Gasteiger partial charge in [-0.2, -0.15) is 0 Å². The van der Waals surface area contributed by atoms with E-state index >= 15 is 0 Å². The number of halogens is 2. The van der Waals surface area contributed by atoms with E-state index in [1.54, 1.807) is 36.4 Å². The van der Waals surface area contributed by atoms with Gasteiger partial charge in [-0.25, -0.2) is 0 Å². The van der Waals surface area contributed by atoms with Crippen molar-refractivity contribution in [2.75, 3.05) is 11.9 Å². The summed E-state index contributed by atoms with van der Waals surface area (Å²) in [6.45, 7) is 1.19. The lowest BCUT2D eigenvalue weighted by atomic mass is 10.1. The third-order valence-electron chi connectivity index (χ3n) is 2.83. The zero-order chi connectivity index (χ0) is 16.1. The van der Waals surface area contributed by atoms with E-state index in [9.17, 15) is 9.59 Å². The van der Waals surface area contributed by atoms with Crippen molar-refractivity contribution in [2.45, 2.75) is 6.92 Å². The second kappa shape index (κ2) is 7.29. The predicted octanol–water partition coefficient (Wildman–Crippen LogP) is 4.21. The molecule has 114 valence electrons. The fourth-order valence-corrected chi connectivity index (χ4v) is 2.15. The van der Waals surface area contributed by atoms with Crippen molar-refractivity contribution < 1.29 is 14.3 Å². The summed E-state index contributed by atoms with van der Waals surface area (Å²) >= 11 is 11.8. The molecule has 22 heavy (non-hydrogen) atoms. The topological polar surface area (TPSA) is 55.4 Å². The maximum absolute atomic E-state index is 11.9. The van der Waals surface area contributed by atoms with E-state index in [1.807, 2.05) is 0 Å². The molecular weight excluding hydrogens is 325 g/mol. The van der Waals surface area contributed by atoms with Gasteiger partial charge >= 0.3 is 0 Å². The van der Waals surface area contributed by atoms with Crippen LogP contribution in [0.15, 0.2) is 42.5 Å². The van der Waals surface area contributed by atoms with E-state index in [0.717, 1.165) is 0 Å². The largest absolute Gasteiger partial charge is 0.482 e. The fraction of sp³-hybridized carbons (Fsp3) is 0.125. The Hall–Kier alpha value is -2.04. The molecule has 0 saturated carbocycles. The van der Waals surface area contributed by atoms with Crippen LogP contribution >= 0.6 is 23.2 Å². The van der Waals surface area contributed by atoms with Gasteiger partial charge in [0.2, 0.25) is 0 Å². The molecule has 2 rings (SSSR count). The van der Waals surface area contributed by atoms with Crippen molar-refractivity contribution in [1.82, 2.24) is 0 Å². The number of nitrogens with one attached hydrogen (secondary N) is 1. The summed E-state index contributed by atoms with van der Waals surface area (Å²) in [7, 11) is 0. The predicted molar refractivity (Wildman–Crippen MR) is 87.0 cm³/mol. The van der Waals surface area contributed by atoms with Crippen molar-refractivity contribution in [2.24, 2.45) is 0 Å². The van der Waals surface area contributed by atoms with Gasteiger partial charge in [-0.05, 0) is 31.2 Å². The molecule has 0 heterocycles. The lowest BCUT2D eigenvalue weighted by molar-refractivity contribution is -0.118. The van der Waals surface area contributed by atoms with Gasteiger partial charge in [-0.1, -0.05) is 35.3 Å². The summed E-state index contributed by atoms with van der Waals surface area (Å²) in [5.41, 5.74) is 0.887. The molecule has 0 unspecified atom stereocenters. The van der Waals surface area contributed by atoms with Gasteiger partial charge in [0.1, 0.15) is 5.75 Å². The lowest BCUT2D eigenvalue weighted by Gasteiger charge is -2.11. The molecule has 1 N–H and O–H groups in total. The standard InChI is InChI=1S/C16H13Cl2NO3/c1-10(20)12-4-2-3-5-14(12)19-16(21)9-22-15-8-11(17)6-7-13(15)18/h2-8H,9H2,1H3,(H,19,21). The number of Topliss-reactive ketones (excluding diaryl/α,β-unsaturated/α-hetero) is 1. The number of anilines is 1. The maximum Gasteiger partial charge on any atom is 0.262 e. The van der Waals surface area contributed by atoms with Gasteiger partial charge in [-0.3, -0.25) is 9.59 Å². The molecule has 6 heteroatoms. The average molecular weight is 338 g/mol. The second-order valence-electron chi connectivity index (χ2n) is 4.51. The molecule has 0 bridgehead atoms. The van der Waals surface area contributed by atoms with Crippen LogP contribution in [0.2, 0.25) is 10.0 Å². The van der Waals surface area contributed by atoms with Gasteiger partial charge in [0.15, 0.2) is 12.4 Å². The molecule has 4 nitrogen and oxygen atoms in total. The molecular formula is C16H13Cl2NO3. The normalized spacial score (nSPS) is 10.1. The molecule has 0 saturated heterocycles. The molecule has 2 aromatic carbocycles. The molecule has 0 aliphatic carbocycles. The lowest BCUT2D eigenvalue weighted by Crippen LogP contribution is -2.21. The van der Waals surface area contributed by atoms with Gasteiger partial charge < -0.3 is 10.1 Å². The molecule has 0 radical (unpaired) electrons. The number of carbonyl (C=O) groups excluding carboxylic acids is 2. The Kier molecular flexibility index (Phi) is 5.41. The van der Waals surface area contributed by atoms with Crippen LogP contribution in [0, 0.1) is 0 Å². The Balaban J connectivity index is 2.02. The zero-order valence-corrected chi connectivity index (χ0v) is 13.2. The Labute approximate surface area is 138 Å². The smallest absolute Gasteiger partial charge is 0.262 e. The van der Waals surface area contributed by atoms with Crippen LogP contribution in [0.1, 0.15) is 17.3 Å². The fourth-order valence-electron chi connectivity index (χ4n) is 1.82. The number of ketones is 1. The molecule has 0 aliphatic rings. The number of hydrogen-bond acceptors (Lipinski definition) is 3. The quantitative estimate of drug-likeness (QED) is 0.831. The first-order valence-corrected chi connectivity index (χ1v) is 7.20. The van der Waals surface area contributed by atoms with Crippen LogP contribution in [0.25, 0.3) is 0 Å². The van der Waals surface area contributed by atoms with Crippen molar-refractivity contribution in [3.05, 3.63) is 58.1 Å². The van der Waals surface area contributed by atoms with E-state index in [2.05, 4.69) is 5.32 Å². The number of amides is 1. The van der Waals surface area contributed by atoms with Crippen LogP contribution in [-0.4, -0.2) is 18.3 Å². The summed E-state index contributed by atoms with van der Waals surface area (Å²) in [6, 6.07) is 11.5. The highest BCUT2D eigenvalue weighted by Gasteiger charge is 2.11. The molecule has 0 aromatic heterocycles. The van der Waals surface area contributed by atoms with Crippen LogP contribution in [0.3, 0.4) is 0 Å². The first-order chi connectivity index (χ1) is 10.5. The van der Waals surface area contributed by atoms with Crippen molar-refractivity contribution in [3.63, 3.8) is 0 Å². The Morgan fingerprint density at radius 1 is 1.14 bits per heavy atom. The third kappa shape index (κ3) is 4.23. The molecule has 2 aromatic rings. The Morgan fingerprint density at radius 3 is 2.59 bits per heavy atom. The van der Waals surface area contributed by atoms with Gasteiger partial charge in [0.25, 0.3) is 5.91 Å². The summed E-state index contributed by atoms with van der Waals surface area (Å²) in [5, 5.41) is 3.46. The summed E-state index contributed by atoms with van der Waals surface area (Å²) in [5.74, 6) is -0.205. The van der Waals surface area contributed by atoms with Gasteiger partial charge in [0.05, 0.1) is 10.7 Å². The van der Waals surface area contributed by atoms with E-state index in [-0.39, 0.29) is 12.4 Å². The second-order valence-corrected chi connectivity index (χ2v) is 5.36. The minimum atomic E-state index is -0.398. The molecule has 0 aliphatic heterocycles. The number of para-hydroxylation sites is 1. The Bertz CT molecular complexity index is 716. The average Bonchev–Trinajstić information content (AvgIpc) is 2.48. The molecule has 1 amide bonds. The van der Waals surface area contributed by atoms with Crippen LogP contribution < -0.4 is 10.1 Å². The van der Waals surface area contributed by atoms with Crippen LogP contribution in [0.4, 0.5) is 5.69 Å². The van der Waals surface area contributed by atoms with E-state index in [1.165, 1.54) is 13.0 Å². The van der Waals surface area contributed by atoms with E-state index in [0.29, 0.717) is 27.0 Å². The monoisotopic (exact) mass is 337 g/mol. The first kappa shape index (κ1) is 16.3. The van der Waals surface area contributed by atoms with E-state index in [4.69, 9.17) is 27.9 Å². The van der Waals surface area contributed by atoms with Crippen LogP contribution in [0.5, 0.6) is 5.75 Å². The SMILES string of the molecule is CC(=O)c1ccccc1NC(=O)COc1cc(Cl)ccc1Cl. The first-order valence-electron chi connectivity index (χ1n) is 6.45. The van der Waals surface area contributed by atoms with Crippen molar-refractivity contribution in [1.29, 1.82) is 0 Å². The minimum absolute atomic E-state index is 0.130.